The number of hydrogen-bond donors (Lipinski definition) is 1. The predicted molar refractivity (Wildman–Crippen MR) is 82.3 cm³/mol. The van der Waals surface area contributed by atoms with E-state index in [9.17, 15) is 14.4 Å². The van der Waals surface area contributed by atoms with Crippen molar-refractivity contribution in [3.63, 3.8) is 0 Å². The minimum Gasteiger partial charge on any atom is -0.352 e. The highest BCUT2D eigenvalue weighted by atomic mass is 35.5. The number of carbonyl (C=O) groups is 3. The largest absolute Gasteiger partial charge is 0.352 e. The van der Waals surface area contributed by atoms with E-state index >= 15 is 0 Å². The van der Waals surface area contributed by atoms with Crippen molar-refractivity contribution < 1.29 is 14.4 Å². The van der Waals surface area contributed by atoms with Crippen LogP contribution in [-0.2, 0) is 16.1 Å². The number of imide groups is 1. The van der Waals surface area contributed by atoms with Gasteiger partial charge in [-0.1, -0.05) is 23.7 Å². The molecule has 1 N–H and O–H groups in total. The second-order valence-corrected chi connectivity index (χ2v) is 5.63. The Morgan fingerprint density at radius 2 is 1.95 bits per heavy atom. The lowest BCUT2D eigenvalue weighted by molar-refractivity contribution is -0.126. The van der Waals surface area contributed by atoms with Gasteiger partial charge in [-0.3, -0.25) is 14.5 Å². The standard InChI is InChI=1S/C15H18ClN3O3/c1-18-10-14(21)19(15(18)22)8-2-3-13(20)17-9-11-4-6-12(16)7-5-11/h4-7H,2-3,8-10H2,1H3,(H,17,20). The first kappa shape index (κ1) is 16.3. The molecule has 1 aromatic rings. The fourth-order valence-corrected chi connectivity index (χ4v) is 2.30. The van der Waals surface area contributed by atoms with Crippen molar-refractivity contribution in [2.45, 2.75) is 19.4 Å². The monoisotopic (exact) mass is 323 g/mol. The number of nitrogens with zero attached hydrogens (tertiary/aromatic N) is 2. The number of nitrogens with one attached hydrogen (secondary N) is 1. The van der Waals surface area contributed by atoms with E-state index in [1.807, 2.05) is 12.1 Å². The molecule has 1 heterocycles. The molecule has 0 spiro atoms. The van der Waals surface area contributed by atoms with Gasteiger partial charge in [0, 0.05) is 31.6 Å². The second kappa shape index (κ2) is 7.26. The maximum Gasteiger partial charge on any atom is 0.326 e. The van der Waals surface area contributed by atoms with Gasteiger partial charge in [-0.15, -0.1) is 0 Å². The van der Waals surface area contributed by atoms with E-state index in [1.165, 1.54) is 9.80 Å². The Morgan fingerprint density at radius 3 is 2.55 bits per heavy atom. The van der Waals surface area contributed by atoms with Crippen molar-refractivity contribution in [3.05, 3.63) is 34.9 Å². The summed E-state index contributed by atoms with van der Waals surface area (Å²) in [5.74, 6) is -0.323. The molecule has 4 amide bonds. The minimum atomic E-state index is -0.299. The Hall–Kier alpha value is -2.08. The molecule has 22 heavy (non-hydrogen) atoms. The molecular formula is C15H18ClN3O3. The molecule has 1 aromatic carbocycles. The van der Waals surface area contributed by atoms with E-state index in [0.717, 1.165) is 5.56 Å². The molecule has 0 unspecified atom stereocenters. The van der Waals surface area contributed by atoms with E-state index in [0.29, 0.717) is 18.0 Å². The topological polar surface area (TPSA) is 69.7 Å². The Morgan fingerprint density at radius 1 is 1.27 bits per heavy atom. The fourth-order valence-electron chi connectivity index (χ4n) is 2.18. The summed E-state index contributed by atoms with van der Waals surface area (Å²) in [7, 11) is 1.58. The van der Waals surface area contributed by atoms with Gasteiger partial charge >= 0.3 is 6.03 Å². The number of carbonyl (C=O) groups excluding carboxylic acids is 3. The average molecular weight is 324 g/mol. The van der Waals surface area contributed by atoms with Crippen LogP contribution in [0.3, 0.4) is 0 Å². The van der Waals surface area contributed by atoms with E-state index in [1.54, 1.807) is 19.2 Å². The molecule has 0 aliphatic carbocycles. The van der Waals surface area contributed by atoms with Crippen LogP contribution in [0.1, 0.15) is 18.4 Å². The van der Waals surface area contributed by atoms with Crippen LogP contribution in [0.2, 0.25) is 5.02 Å². The summed E-state index contributed by atoms with van der Waals surface area (Å²) in [6.45, 7) is 0.818. The molecule has 2 rings (SSSR count). The second-order valence-electron chi connectivity index (χ2n) is 5.19. The summed E-state index contributed by atoms with van der Waals surface area (Å²) in [4.78, 5) is 37.5. The maximum atomic E-state index is 11.7. The third-order valence-corrected chi connectivity index (χ3v) is 3.67. The van der Waals surface area contributed by atoms with Crippen LogP contribution in [0, 0.1) is 0 Å². The molecule has 0 atom stereocenters. The summed E-state index contributed by atoms with van der Waals surface area (Å²) in [5.41, 5.74) is 0.962. The molecule has 1 aliphatic rings. The smallest absolute Gasteiger partial charge is 0.326 e. The zero-order chi connectivity index (χ0) is 16.1. The third kappa shape index (κ3) is 4.21. The zero-order valence-electron chi connectivity index (χ0n) is 12.3. The van der Waals surface area contributed by atoms with E-state index in [4.69, 9.17) is 11.6 Å². The number of urea groups is 1. The average Bonchev–Trinajstić information content (AvgIpc) is 2.73. The Bertz CT molecular complexity index is 574. The molecule has 7 heteroatoms. The molecule has 1 saturated heterocycles. The molecule has 1 fully saturated rings. The van der Waals surface area contributed by atoms with Crippen molar-refractivity contribution in [2.75, 3.05) is 20.1 Å². The molecule has 0 radical (unpaired) electrons. The number of rotatable bonds is 6. The van der Waals surface area contributed by atoms with Crippen LogP contribution in [0.4, 0.5) is 4.79 Å². The van der Waals surface area contributed by atoms with Gasteiger partial charge in [0.15, 0.2) is 0 Å². The van der Waals surface area contributed by atoms with E-state index in [-0.39, 0.29) is 37.4 Å². The highest BCUT2D eigenvalue weighted by molar-refractivity contribution is 6.30. The molecule has 0 bridgehead atoms. The molecule has 0 saturated carbocycles. The predicted octanol–water partition coefficient (Wildman–Crippen LogP) is 1.63. The lowest BCUT2D eigenvalue weighted by Gasteiger charge is -2.13. The van der Waals surface area contributed by atoms with Gasteiger partial charge in [0.2, 0.25) is 11.8 Å². The summed E-state index contributed by atoms with van der Waals surface area (Å²) < 4.78 is 0. The third-order valence-electron chi connectivity index (χ3n) is 3.42. The van der Waals surface area contributed by atoms with E-state index in [2.05, 4.69) is 5.32 Å². The zero-order valence-corrected chi connectivity index (χ0v) is 13.1. The number of halogens is 1. The van der Waals surface area contributed by atoms with Gasteiger partial charge in [-0.25, -0.2) is 4.79 Å². The SMILES string of the molecule is CN1CC(=O)N(CCCC(=O)NCc2ccc(Cl)cc2)C1=O. The highest BCUT2D eigenvalue weighted by Crippen LogP contribution is 2.10. The first-order valence-electron chi connectivity index (χ1n) is 7.04. The van der Waals surface area contributed by atoms with Crippen LogP contribution >= 0.6 is 11.6 Å². The molecule has 1 aliphatic heterocycles. The molecule has 6 nitrogen and oxygen atoms in total. The molecule has 118 valence electrons. The number of hydrogen-bond acceptors (Lipinski definition) is 3. The Labute approximate surface area is 134 Å². The van der Waals surface area contributed by atoms with Crippen LogP contribution in [0.15, 0.2) is 24.3 Å². The van der Waals surface area contributed by atoms with Crippen molar-refractivity contribution in [1.29, 1.82) is 0 Å². The first-order chi connectivity index (χ1) is 10.5. The molecular weight excluding hydrogens is 306 g/mol. The molecule has 0 aromatic heterocycles. The van der Waals surface area contributed by atoms with Gasteiger partial charge in [0.05, 0.1) is 0 Å². The highest BCUT2D eigenvalue weighted by Gasteiger charge is 2.32. The van der Waals surface area contributed by atoms with Crippen LogP contribution < -0.4 is 5.32 Å². The number of benzene rings is 1. The number of amides is 4. The summed E-state index contributed by atoms with van der Waals surface area (Å²) >= 11 is 5.79. The van der Waals surface area contributed by atoms with Gasteiger partial charge < -0.3 is 10.2 Å². The minimum absolute atomic E-state index is 0.109. The quantitative estimate of drug-likeness (QED) is 0.809. The lowest BCUT2D eigenvalue weighted by Crippen LogP contribution is -2.33. The van der Waals surface area contributed by atoms with Crippen molar-refractivity contribution in [1.82, 2.24) is 15.1 Å². The first-order valence-corrected chi connectivity index (χ1v) is 7.42. The Kier molecular flexibility index (Phi) is 5.38. The number of likely N-dealkylation sites (N-methyl/N-ethyl adjacent to an activating group) is 1. The normalized spacial score (nSPS) is 14.6. The fraction of sp³-hybridized carbons (Fsp3) is 0.400. The summed E-state index contributed by atoms with van der Waals surface area (Å²) in [6, 6.07) is 6.93. The maximum absolute atomic E-state index is 11.7. The van der Waals surface area contributed by atoms with Crippen molar-refractivity contribution in [2.24, 2.45) is 0 Å². The van der Waals surface area contributed by atoms with Gasteiger partial charge in [0.25, 0.3) is 0 Å². The van der Waals surface area contributed by atoms with Crippen LogP contribution in [0.5, 0.6) is 0 Å². The van der Waals surface area contributed by atoms with E-state index < -0.39 is 0 Å². The van der Waals surface area contributed by atoms with Crippen molar-refractivity contribution in [3.8, 4) is 0 Å². The lowest BCUT2D eigenvalue weighted by atomic mass is 10.2. The van der Waals surface area contributed by atoms with Crippen LogP contribution in [0.25, 0.3) is 0 Å². The van der Waals surface area contributed by atoms with Gasteiger partial charge in [-0.05, 0) is 24.1 Å². The van der Waals surface area contributed by atoms with Gasteiger partial charge in [-0.2, -0.15) is 0 Å². The Balaban J connectivity index is 1.69. The van der Waals surface area contributed by atoms with Crippen molar-refractivity contribution >= 4 is 29.4 Å². The van der Waals surface area contributed by atoms with Crippen LogP contribution in [-0.4, -0.2) is 47.8 Å². The summed E-state index contributed by atoms with van der Waals surface area (Å²) in [6.07, 6.45) is 0.728. The van der Waals surface area contributed by atoms with Gasteiger partial charge in [0.1, 0.15) is 6.54 Å². The summed E-state index contributed by atoms with van der Waals surface area (Å²) in [5, 5.41) is 3.45.